The summed E-state index contributed by atoms with van der Waals surface area (Å²) in [6, 6.07) is 20.2. The smallest absolute Gasteiger partial charge is 0.243 e. The number of rotatable bonds is 11. The van der Waals surface area contributed by atoms with Crippen LogP contribution in [0.25, 0.3) is 10.9 Å². The molecule has 4 rings (SSSR count). The first-order chi connectivity index (χ1) is 18.7. The molecule has 4 aromatic rings. The first-order valence-electron chi connectivity index (χ1n) is 12.3. The van der Waals surface area contributed by atoms with E-state index in [1.54, 1.807) is 42.5 Å². The fourth-order valence-electron chi connectivity index (χ4n) is 4.06. The molecule has 0 atom stereocenters. The molecule has 0 aliphatic heterocycles. The van der Waals surface area contributed by atoms with Crippen LogP contribution in [-0.4, -0.2) is 50.4 Å². The van der Waals surface area contributed by atoms with Gasteiger partial charge in [0.2, 0.25) is 15.9 Å². The number of pyridine rings is 1. The van der Waals surface area contributed by atoms with Gasteiger partial charge in [-0.2, -0.15) is 4.31 Å². The normalized spacial score (nSPS) is 11.5. The van der Waals surface area contributed by atoms with E-state index in [-0.39, 0.29) is 30.3 Å². The average Bonchev–Trinajstić information content (AvgIpc) is 2.92. The lowest BCUT2D eigenvalue weighted by Crippen LogP contribution is -2.37. The maximum Gasteiger partial charge on any atom is 0.243 e. The zero-order chi connectivity index (χ0) is 28.0. The number of nitrogens with two attached hydrogens (primary N) is 1. The standard InChI is InChI=1S/C28H30ClN5O4S/c1-19-17-27(25-18-20(29)3-12-26(25)32-19)31-14-16-34(39(36,37)24-10-8-23(38-2)9-11-24)15-13-28(35)33-22-6-4-21(30)5-7-22/h3-12,17-18H,13-16,30H2,1-2H3,(H,31,32)(H,33,35). The molecule has 0 saturated heterocycles. The van der Waals surface area contributed by atoms with E-state index in [9.17, 15) is 13.2 Å². The molecule has 9 nitrogen and oxygen atoms in total. The highest BCUT2D eigenvalue weighted by molar-refractivity contribution is 7.89. The molecule has 204 valence electrons. The number of ether oxygens (including phenoxy) is 1. The third kappa shape index (κ3) is 7.17. The number of sulfonamides is 1. The van der Waals surface area contributed by atoms with Crippen molar-refractivity contribution in [2.75, 3.05) is 43.1 Å². The molecule has 0 unspecified atom stereocenters. The minimum atomic E-state index is -3.90. The Balaban J connectivity index is 1.51. The molecule has 0 saturated carbocycles. The van der Waals surface area contributed by atoms with Crippen molar-refractivity contribution in [1.82, 2.24) is 9.29 Å². The van der Waals surface area contributed by atoms with E-state index in [1.807, 2.05) is 25.1 Å². The van der Waals surface area contributed by atoms with Crippen molar-refractivity contribution < 1.29 is 17.9 Å². The number of hydrogen-bond donors (Lipinski definition) is 3. The third-order valence-electron chi connectivity index (χ3n) is 6.06. The number of nitrogens with zero attached hydrogens (tertiary/aromatic N) is 2. The van der Waals surface area contributed by atoms with E-state index in [2.05, 4.69) is 15.6 Å². The number of benzene rings is 3. The monoisotopic (exact) mass is 567 g/mol. The van der Waals surface area contributed by atoms with Crippen LogP contribution >= 0.6 is 11.6 Å². The van der Waals surface area contributed by atoms with Gasteiger partial charge in [-0.25, -0.2) is 8.42 Å². The Morgan fingerprint density at radius 3 is 2.44 bits per heavy atom. The SMILES string of the molecule is COc1ccc(S(=O)(=O)N(CCNc2cc(C)nc3ccc(Cl)cc23)CCC(=O)Nc2ccc(N)cc2)cc1. The first-order valence-corrected chi connectivity index (χ1v) is 14.1. The maximum absolute atomic E-state index is 13.6. The summed E-state index contributed by atoms with van der Waals surface area (Å²) in [6.45, 7) is 2.28. The molecule has 11 heteroatoms. The molecule has 4 N–H and O–H groups in total. The number of halogens is 1. The molecule has 1 aromatic heterocycles. The van der Waals surface area contributed by atoms with Gasteiger partial charge < -0.3 is 21.1 Å². The molecule has 0 aliphatic carbocycles. The molecule has 0 spiro atoms. The second kappa shape index (κ2) is 12.3. The van der Waals surface area contributed by atoms with Crippen LogP contribution < -0.4 is 21.1 Å². The highest BCUT2D eigenvalue weighted by Crippen LogP contribution is 2.26. The Kier molecular flexibility index (Phi) is 8.90. The minimum absolute atomic E-state index is 0.0151. The lowest BCUT2D eigenvalue weighted by molar-refractivity contribution is -0.116. The van der Waals surface area contributed by atoms with Crippen molar-refractivity contribution >= 4 is 55.5 Å². The van der Waals surface area contributed by atoms with Crippen molar-refractivity contribution in [1.29, 1.82) is 0 Å². The largest absolute Gasteiger partial charge is 0.497 e. The topological polar surface area (TPSA) is 127 Å². The van der Waals surface area contributed by atoms with E-state index in [0.717, 1.165) is 22.3 Å². The molecular weight excluding hydrogens is 538 g/mol. The molecular formula is C28H30ClN5O4S. The molecule has 1 heterocycles. The number of nitrogens with one attached hydrogen (secondary N) is 2. The predicted octanol–water partition coefficient (Wildman–Crippen LogP) is 4.92. The summed E-state index contributed by atoms with van der Waals surface area (Å²) in [5, 5.41) is 7.51. The molecule has 0 bridgehead atoms. The third-order valence-corrected chi connectivity index (χ3v) is 8.20. The Hall–Kier alpha value is -3.86. The van der Waals surface area contributed by atoms with Gasteiger partial charge in [-0.1, -0.05) is 11.6 Å². The number of carbonyl (C=O) groups excluding carboxylic acids is 1. The lowest BCUT2D eigenvalue weighted by Gasteiger charge is -2.23. The summed E-state index contributed by atoms with van der Waals surface area (Å²) in [6.07, 6.45) is -0.0351. The van der Waals surface area contributed by atoms with Crippen LogP contribution in [-0.2, 0) is 14.8 Å². The van der Waals surface area contributed by atoms with Crippen LogP contribution in [0.4, 0.5) is 17.1 Å². The fourth-order valence-corrected chi connectivity index (χ4v) is 5.67. The average molecular weight is 568 g/mol. The quantitative estimate of drug-likeness (QED) is 0.220. The highest BCUT2D eigenvalue weighted by atomic mass is 35.5. The van der Waals surface area contributed by atoms with Gasteiger partial charge in [0.05, 0.1) is 17.5 Å². The van der Waals surface area contributed by atoms with E-state index >= 15 is 0 Å². The van der Waals surface area contributed by atoms with Gasteiger partial charge in [0.15, 0.2) is 0 Å². The van der Waals surface area contributed by atoms with Crippen molar-refractivity contribution in [2.24, 2.45) is 0 Å². The van der Waals surface area contributed by atoms with Crippen LogP contribution in [0, 0.1) is 6.92 Å². The Bertz CT molecular complexity index is 1560. The summed E-state index contributed by atoms with van der Waals surface area (Å²) in [5.41, 5.74) is 9.25. The Morgan fingerprint density at radius 1 is 1.03 bits per heavy atom. The molecule has 0 aliphatic rings. The second-order valence-corrected chi connectivity index (χ2v) is 11.3. The van der Waals surface area contributed by atoms with Crippen LogP contribution in [0.1, 0.15) is 12.1 Å². The summed E-state index contributed by atoms with van der Waals surface area (Å²) in [7, 11) is -2.39. The number of anilines is 3. The van der Waals surface area contributed by atoms with Crippen molar-refractivity contribution in [3.8, 4) is 5.75 Å². The van der Waals surface area contributed by atoms with Crippen LogP contribution in [0.5, 0.6) is 5.75 Å². The van der Waals surface area contributed by atoms with Gasteiger partial charge in [-0.15, -0.1) is 0 Å². The van der Waals surface area contributed by atoms with Crippen molar-refractivity contribution in [3.05, 3.63) is 83.5 Å². The highest BCUT2D eigenvalue weighted by Gasteiger charge is 2.25. The number of aryl methyl sites for hydroxylation is 1. The van der Waals surface area contributed by atoms with E-state index in [1.165, 1.54) is 23.5 Å². The Morgan fingerprint density at radius 2 is 1.74 bits per heavy atom. The predicted molar refractivity (Wildman–Crippen MR) is 156 cm³/mol. The van der Waals surface area contributed by atoms with E-state index in [0.29, 0.717) is 28.7 Å². The number of fused-ring (bicyclic) bond motifs is 1. The zero-order valence-corrected chi connectivity index (χ0v) is 23.2. The van der Waals surface area contributed by atoms with Crippen molar-refractivity contribution in [2.45, 2.75) is 18.2 Å². The van der Waals surface area contributed by atoms with Crippen LogP contribution in [0.2, 0.25) is 5.02 Å². The molecule has 0 radical (unpaired) electrons. The van der Waals surface area contributed by atoms with E-state index in [4.69, 9.17) is 22.1 Å². The van der Waals surface area contributed by atoms with Gasteiger partial charge in [0.25, 0.3) is 0 Å². The number of carbonyl (C=O) groups is 1. The minimum Gasteiger partial charge on any atom is -0.497 e. The zero-order valence-electron chi connectivity index (χ0n) is 21.6. The van der Waals surface area contributed by atoms with Crippen LogP contribution in [0.15, 0.2) is 77.7 Å². The first kappa shape index (κ1) is 28.2. The van der Waals surface area contributed by atoms with Gasteiger partial charge in [-0.3, -0.25) is 9.78 Å². The number of nitrogen functional groups attached to an aromatic ring is 1. The molecule has 1 amide bonds. The van der Waals surface area contributed by atoms with Gasteiger partial charge in [0.1, 0.15) is 5.75 Å². The lowest BCUT2D eigenvalue weighted by atomic mass is 10.1. The summed E-state index contributed by atoms with van der Waals surface area (Å²) < 4.78 is 33.6. The maximum atomic E-state index is 13.6. The van der Waals surface area contributed by atoms with Gasteiger partial charge in [-0.05, 0) is 79.7 Å². The number of amides is 1. The van der Waals surface area contributed by atoms with E-state index < -0.39 is 10.0 Å². The summed E-state index contributed by atoms with van der Waals surface area (Å²) in [5.74, 6) is 0.233. The summed E-state index contributed by atoms with van der Waals surface area (Å²) >= 11 is 6.20. The van der Waals surface area contributed by atoms with Crippen molar-refractivity contribution in [3.63, 3.8) is 0 Å². The molecule has 39 heavy (non-hydrogen) atoms. The fraction of sp³-hybridized carbons (Fsp3) is 0.214. The Labute approximate surface area is 233 Å². The van der Waals surface area contributed by atoms with Gasteiger partial charge >= 0.3 is 0 Å². The second-order valence-electron chi connectivity index (χ2n) is 8.90. The summed E-state index contributed by atoms with van der Waals surface area (Å²) in [4.78, 5) is 17.3. The molecule has 3 aromatic carbocycles. The number of methoxy groups -OCH3 is 1. The number of aromatic nitrogens is 1. The molecule has 0 fully saturated rings. The van der Waals surface area contributed by atoms with Crippen LogP contribution in [0.3, 0.4) is 0 Å². The number of hydrogen-bond acceptors (Lipinski definition) is 7. The van der Waals surface area contributed by atoms with Gasteiger partial charge in [0, 0.05) is 59.2 Å².